The number of anilines is 1. The van der Waals surface area contributed by atoms with Crippen LogP contribution < -0.4 is 20.4 Å². The van der Waals surface area contributed by atoms with Crippen molar-refractivity contribution < 1.29 is 17.4 Å². The van der Waals surface area contributed by atoms with Crippen molar-refractivity contribution in [1.82, 2.24) is 0 Å². The van der Waals surface area contributed by atoms with Crippen LogP contribution in [-0.4, -0.2) is 20.4 Å². The molecule has 8 heteroatoms. The van der Waals surface area contributed by atoms with Crippen molar-refractivity contribution in [3.63, 3.8) is 0 Å². The number of benzene rings is 1. The fraction of sp³-hybridized carbons (Fsp3) is 0.611. The van der Waals surface area contributed by atoms with Crippen LogP contribution in [0.25, 0.3) is 0 Å². The fourth-order valence-corrected chi connectivity index (χ4v) is 3.09. The van der Waals surface area contributed by atoms with Crippen LogP contribution in [0.5, 0.6) is 5.75 Å². The van der Waals surface area contributed by atoms with E-state index in [1.54, 1.807) is 12.1 Å². The maximum atomic E-state index is 12.3. The highest BCUT2D eigenvalue weighted by Gasteiger charge is 2.22. The Labute approximate surface area is 156 Å². The highest BCUT2D eigenvalue weighted by molar-refractivity contribution is 7.84. The molecule has 1 aromatic carbocycles. The molecule has 0 aliphatic rings. The van der Waals surface area contributed by atoms with Crippen LogP contribution in [0.2, 0.25) is 0 Å². The monoisotopic (exact) mass is 385 g/mol. The lowest BCUT2D eigenvalue weighted by molar-refractivity contribution is -0.117. The number of carbonyl (C=O) groups is 1. The minimum Gasteiger partial charge on any atom is -0.370 e. The van der Waals surface area contributed by atoms with Crippen LogP contribution in [0, 0.1) is 5.92 Å². The topological polar surface area (TPSA) is 125 Å². The first-order valence-corrected chi connectivity index (χ1v) is 10.3. The van der Waals surface area contributed by atoms with Gasteiger partial charge in [0.1, 0.15) is 0 Å². The molecule has 26 heavy (non-hydrogen) atoms. The first-order chi connectivity index (χ1) is 11.8. The van der Waals surface area contributed by atoms with Crippen molar-refractivity contribution in [3.05, 3.63) is 23.3 Å². The maximum Gasteiger partial charge on any atom is 0.380 e. The minimum absolute atomic E-state index is 0.0366. The van der Waals surface area contributed by atoms with Crippen molar-refractivity contribution >= 4 is 21.9 Å². The summed E-state index contributed by atoms with van der Waals surface area (Å²) in [4.78, 5) is 12.3. The molecule has 0 fully saturated rings. The second-order valence-electron chi connectivity index (χ2n) is 7.59. The van der Waals surface area contributed by atoms with Gasteiger partial charge in [0.05, 0.1) is 6.04 Å². The third-order valence-electron chi connectivity index (χ3n) is 3.92. The number of nitrogens with two attached hydrogens (primary N) is 2. The first kappa shape index (κ1) is 22.4. The van der Waals surface area contributed by atoms with Gasteiger partial charge in [-0.2, -0.15) is 13.6 Å². The summed E-state index contributed by atoms with van der Waals surface area (Å²) < 4.78 is 28.0. The average Bonchev–Trinajstić information content (AvgIpc) is 2.45. The lowest BCUT2D eigenvalue weighted by Crippen LogP contribution is -2.36. The van der Waals surface area contributed by atoms with Gasteiger partial charge in [-0.1, -0.05) is 41.5 Å². The molecule has 7 nitrogen and oxygen atoms in total. The molecule has 0 heterocycles. The summed E-state index contributed by atoms with van der Waals surface area (Å²) in [5.74, 6) is 0.180. The summed E-state index contributed by atoms with van der Waals surface area (Å²) in [6.07, 6.45) is 0.576. The molecule has 0 aliphatic heterocycles. The van der Waals surface area contributed by atoms with E-state index in [2.05, 4.69) is 5.32 Å². The summed E-state index contributed by atoms with van der Waals surface area (Å²) >= 11 is 0. The van der Waals surface area contributed by atoms with Crippen LogP contribution in [0.4, 0.5) is 5.69 Å². The highest BCUT2D eigenvalue weighted by Crippen LogP contribution is 2.38. The molecule has 0 aliphatic carbocycles. The Morgan fingerprint density at radius 3 is 1.88 bits per heavy atom. The molecule has 1 atom stereocenters. The van der Waals surface area contributed by atoms with E-state index < -0.39 is 16.3 Å². The van der Waals surface area contributed by atoms with Gasteiger partial charge in [-0.15, -0.1) is 0 Å². The zero-order valence-corrected chi connectivity index (χ0v) is 17.2. The fourth-order valence-electron chi connectivity index (χ4n) is 2.67. The van der Waals surface area contributed by atoms with E-state index in [0.29, 0.717) is 29.2 Å². The Kier molecular flexibility index (Phi) is 7.61. The van der Waals surface area contributed by atoms with Crippen LogP contribution in [0.15, 0.2) is 12.1 Å². The summed E-state index contributed by atoms with van der Waals surface area (Å²) in [5, 5.41) is 7.90. The quantitative estimate of drug-likeness (QED) is 0.634. The third-order valence-corrected chi connectivity index (χ3v) is 4.32. The lowest BCUT2D eigenvalue weighted by atomic mass is 9.93. The van der Waals surface area contributed by atoms with Crippen molar-refractivity contribution in [2.45, 2.75) is 65.8 Å². The van der Waals surface area contributed by atoms with Gasteiger partial charge < -0.3 is 15.2 Å². The van der Waals surface area contributed by atoms with Crippen LogP contribution >= 0.6 is 0 Å². The van der Waals surface area contributed by atoms with Gasteiger partial charge >= 0.3 is 10.3 Å². The van der Waals surface area contributed by atoms with Gasteiger partial charge in [-0.05, 0) is 36.3 Å². The van der Waals surface area contributed by atoms with Gasteiger partial charge in [-0.3, -0.25) is 4.79 Å². The van der Waals surface area contributed by atoms with Crippen molar-refractivity contribution in [2.24, 2.45) is 16.8 Å². The molecule has 5 N–H and O–H groups in total. The minimum atomic E-state index is -4.16. The molecular weight excluding hydrogens is 354 g/mol. The Hall–Kier alpha value is -1.64. The van der Waals surface area contributed by atoms with E-state index in [9.17, 15) is 13.2 Å². The number of hydrogen-bond donors (Lipinski definition) is 3. The Bertz CT molecular complexity index is 714. The van der Waals surface area contributed by atoms with E-state index >= 15 is 0 Å². The summed E-state index contributed by atoms with van der Waals surface area (Å²) in [5.41, 5.74) is 7.80. The van der Waals surface area contributed by atoms with Crippen LogP contribution in [0.1, 0.15) is 70.9 Å². The predicted molar refractivity (Wildman–Crippen MR) is 104 cm³/mol. The molecule has 0 radical (unpaired) electrons. The van der Waals surface area contributed by atoms with E-state index in [1.807, 2.05) is 41.5 Å². The second-order valence-corrected chi connectivity index (χ2v) is 8.75. The number of amides is 1. The molecule has 1 unspecified atom stereocenters. The number of carbonyl (C=O) groups excluding carboxylic acids is 1. The van der Waals surface area contributed by atoms with Gasteiger partial charge in [0, 0.05) is 16.8 Å². The van der Waals surface area contributed by atoms with E-state index in [4.69, 9.17) is 15.1 Å². The molecule has 0 saturated carbocycles. The number of nitrogens with one attached hydrogen (secondary N) is 1. The number of rotatable bonds is 8. The number of hydrogen-bond acceptors (Lipinski definition) is 5. The van der Waals surface area contributed by atoms with E-state index in [0.717, 1.165) is 0 Å². The molecule has 0 bridgehead atoms. The van der Waals surface area contributed by atoms with Crippen LogP contribution in [-0.2, 0) is 15.1 Å². The Balaban J connectivity index is 3.33. The Morgan fingerprint density at radius 2 is 1.54 bits per heavy atom. The summed E-state index contributed by atoms with van der Waals surface area (Å²) in [6, 6.07) is 2.80. The third kappa shape index (κ3) is 6.59. The second kappa shape index (κ2) is 8.83. The van der Waals surface area contributed by atoms with Crippen molar-refractivity contribution in [2.75, 3.05) is 5.32 Å². The van der Waals surface area contributed by atoms with Crippen LogP contribution in [0.3, 0.4) is 0 Å². The molecule has 1 amide bonds. The van der Waals surface area contributed by atoms with E-state index in [-0.39, 0.29) is 23.5 Å². The largest absolute Gasteiger partial charge is 0.380 e. The first-order valence-electron chi connectivity index (χ1n) is 8.78. The molecule has 148 valence electrons. The predicted octanol–water partition coefficient (Wildman–Crippen LogP) is 2.83. The molecular formula is C18H31N3O4S. The average molecular weight is 386 g/mol. The highest BCUT2D eigenvalue weighted by atomic mass is 32.2. The smallest absolute Gasteiger partial charge is 0.370 e. The molecule has 1 rings (SSSR count). The van der Waals surface area contributed by atoms with Gasteiger partial charge in [-0.25, -0.2) is 0 Å². The zero-order chi connectivity index (χ0) is 20.2. The molecule has 0 saturated heterocycles. The summed E-state index contributed by atoms with van der Waals surface area (Å²) in [7, 11) is -4.16. The summed E-state index contributed by atoms with van der Waals surface area (Å²) in [6.45, 7) is 11.6. The van der Waals surface area contributed by atoms with Gasteiger partial charge in [0.25, 0.3) is 0 Å². The SMILES string of the molecule is CC(C)CC(N)C(=O)Nc1cc(C(C)C)c(OS(N)(=O)=O)c(C(C)C)c1. The van der Waals surface area contributed by atoms with Gasteiger partial charge in [0.15, 0.2) is 5.75 Å². The van der Waals surface area contributed by atoms with E-state index in [1.165, 1.54) is 0 Å². The van der Waals surface area contributed by atoms with Gasteiger partial charge in [0.2, 0.25) is 5.91 Å². The zero-order valence-electron chi connectivity index (χ0n) is 16.4. The lowest BCUT2D eigenvalue weighted by Gasteiger charge is -2.21. The Morgan fingerprint density at radius 1 is 1.08 bits per heavy atom. The standard InChI is InChI=1S/C18H31N3O4S/c1-10(2)7-16(19)18(22)21-13-8-14(11(3)4)17(25-26(20,23)24)15(9-13)12(5)6/h8-12,16H,7,19H2,1-6H3,(H,21,22)(H2,20,23,24). The van der Waals surface area contributed by atoms with Crippen molar-refractivity contribution in [3.8, 4) is 5.75 Å². The normalized spacial score (nSPS) is 13.3. The molecule has 0 aromatic heterocycles. The van der Waals surface area contributed by atoms with Crippen molar-refractivity contribution in [1.29, 1.82) is 0 Å². The molecule has 0 spiro atoms. The maximum absolute atomic E-state index is 12.3. The molecule has 1 aromatic rings.